The van der Waals surface area contributed by atoms with Crippen molar-refractivity contribution < 1.29 is 36.2 Å². The predicted octanol–water partition coefficient (Wildman–Crippen LogP) is 8.27. The highest BCUT2D eigenvalue weighted by Gasteiger charge is 2.37. The van der Waals surface area contributed by atoms with E-state index in [9.17, 15) is 36.2 Å². The molecule has 2 aromatic carbocycles. The van der Waals surface area contributed by atoms with E-state index in [1.807, 2.05) is 0 Å². The van der Waals surface area contributed by atoms with Gasteiger partial charge in [-0.3, -0.25) is 9.69 Å². The van der Waals surface area contributed by atoms with Gasteiger partial charge in [0, 0.05) is 18.5 Å². The molecule has 3 rings (SSSR count). The summed E-state index contributed by atoms with van der Waals surface area (Å²) in [4.78, 5) is 13.5. The first-order chi connectivity index (χ1) is 16.9. The number of halogens is 6. The van der Waals surface area contributed by atoms with Gasteiger partial charge in [0.05, 0.1) is 11.1 Å². The van der Waals surface area contributed by atoms with Gasteiger partial charge in [-0.1, -0.05) is 50.5 Å². The number of carboxylic acid groups (broad SMARTS) is 1. The van der Waals surface area contributed by atoms with Crippen molar-refractivity contribution in [1.82, 2.24) is 4.90 Å². The van der Waals surface area contributed by atoms with Crippen molar-refractivity contribution in [3.05, 3.63) is 70.8 Å². The van der Waals surface area contributed by atoms with Crippen LogP contribution in [0.3, 0.4) is 0 Å². The molecule has 0 radical (unpaired) electrons. The number of unbranched alkanes of at least 4 members (excludes halogenated alkanes) is 2. The Balaban J connectivity index is 1.97. The van der Waals surface area contributed by atoms with Gasteiger partial charge in [-0.25, -0.2) is 0 Å². The molecule has 0 unspecified atom stereocenters. The van der Waals surface area contributed by atoms with Crippen LogP contribution >= 0.6 is 0 Å². The average Bonchev–Trinajstić information content (AvgIpc) is 2.81. The topological polar surface area (TPSA) is 40.5 Å². The number of rotatable bonds is 9. The number of likely N-dealkylation sites (tertiary alicyclic amines) is 1. The van der Waals surface area contributed by atoms with Gasteiger partial charge in [0.25, 0.3) is 0 Å². The number of alkyl halides is 6. The zero-order chi connectivity index (χ0) is 26.5. The lowest BCUT2D eigenvalue weighted by Gasteiger charge is -2.44. The van der Waals surface area contributed by atoms with E-state index >= 15 is 0 Å². The number of piperidine rings is 1. The standard InChI is InChI=1S/C27H31F6NO2/c1-2-3-4-5-23(19-6-10-21(11-7-19)26(28,29)30)34-15-14-18(17-25(35)36)16-24(34)20-8-12-22(13-9-20)27(31,32)33/h6-13,18,23-24H,2-5,14-17H2,1H3,(H,35,36)/t18-,23+,24-/m0/s1. The van der Waals surface area contributed by atoms with Crippen molar-refractivity contribution in [3.8, 4) is 0 Å². The van der Waals surface area contributed by atoms with Gasteiger partial charge in [0.2, 0.25) is 0 Å². The summed E-state index contributed by atoms with van der Waals surface area (Å²) in [5, 5.41) is 9.31. The largest absolute Gasteiger partial charge is 0.481 e. The SMILES string of the molecule is CCCCC[C@H](c1ccc(C(F)(F)F)cc1)N1CC[C@H](CC(=O)O)C[C@H]1c1ccc(C(F)(F)F)cc1. The molecule has 0 amide bonds. The molecule has 1 N–H and O–H groups in total. The van der Waals surface area contributed by atoms with E-state index in [1.54, 1.807) is 0 Å². The molecule has 2 aromatic rings. The molecule has 0 bridgehead atoms. The minimum absolute atomic E-state index is 0.0360. The van der Waals surface area contributed by atoms with Gasteiger partial charge in [-0.15, -0.1) is 0 Å². The number of carbonyl (C=O) groups is 1. The molecule has 0 aliphatic carbocycles. The number of hydrogen-bond acceptors (Lipinski definition) is 2. The van der Waals surface area contributed by atoms with Crippen LogP contribution in [0.5, 0.6) is 0 Å². The molecule has 9 heteroatoms. The van der Waals surface area contributed by atoms with E-state index in [4.69, 9.17) is 0 Å². The Morgan fingerprint density at radius 1 is 0.944 bits per heavy atom. The summed E-state index contributed by atoms with van der Waals surface area (Å²) in [6, 6.07) is 9.41. The highest BCUT2D eigenvalue weighted by atomic mass is 19.4. The lowest BCUT2D eigenvalue weighted by atomic mass is 9.82. The maximum absolute atomic E-state index is 13.1. The highest BCUT2D eigenvalue weighted by molar-refractivity contribution is 5.67. The smallest absolute Gasteiger partial charge is 0.416 e. The summed E-state index contributed by atoms with van der Waals surface area (Å²) in [5.74, 6) is -1.07. The van der Waals surface area contributed by atoms with Crippen molar-refractivity contribution in [2.45, 2.75) is 76.3 Å². The Hall–Kier alpha value is -2.55. The quantitative estimate of drug-likeness (QED) is 0.270. The third kappa shape index (κ3) is 7.24. The molecule has 0 saturated carbocycles. The molecular formula is C27H31F6NO2. The monoisotopic (exact) mass is 515 g/mol. The molecule has 1 aliphatic rings. The third-order valence-corrected chi connectivity index (χ3v) is 6.94. The van der Waals surface area contributed by atoms with E-state index in [0.717, 1.165) is 43.5 Å². The van der Waals surface area contributed by atoms with Gasteiger partial charge in [0.15, 0.2) is 0 Å². The van der Waals surface area contributed by atoms with Gasteiger partial charge in [0.1, 0.15) is 0 Å². The molecule has 3 atom stereocenters. The minimum Gasteiger partial charge on any atom is -0.481 e. The minimum atomic E-state index is -4.47. The van der Waals surface area contributed by atoms with Crippen LogP contribution in [0.1, 0.15) is 86.2 Å². The average molecular weight is 516 g/mol. The fourth-order valence-electron chi connectivity index (χ4n) is 5.09. The predicted molar refractivity (Wildman–Crippen MR) is 124 cm³/mol. The summed E-state index contributed by atoms with van der Waals surface area (Å²) in [6.45, 7) is 2.55. The Kier molecular flexibility index (Phi) is 9.08. The molecule has 3 nitrogen and oxygen atoms in total. The first-order valence-corrected chi connectivity index (χ1v) is 12.2. The number of nitrogens with zero attached hydrogens (tertiary/aromatic N) is 1. The summed E-state index contributed by atoms with van der Waals surface area (Å²) in [5.41, 5.74) is -0.144. The molecule has 36 heavy (non-hydrogen) atoms. The molecule has 0 spiro atoms. The van der Waals surface area contributed by atoms with Crippen molar-refractivity contribution in [2.24, 2.45) is 5.92 Å². The number of aliphatic carboxylic acids is 1. The molecule has 198 valence electrons. The summed E-state index contributed by atoms with van der Waals surface area (Å²) < 4.78 is 78.8. The van der Waals surface area contributed by atoms with E-state index in [2.05, 4.69) is 11.8 Å². The van der Waals surface area contributed by atoms with Crippen LogP contribution < -0.4 is 0 Å². The molecule has 1 heterocycles. The number of carboxylic acids is 1. The zero-order valence-electron chi connectivity index (χ0n) is 20.1. The molecule has 0 aromatic heterocycles. The maximum atomic E-state index is 13.1. The van der Waals surface area contributed by atoms with Crippen LogP contribution in [-0.2, 0) is 17.1 Å². The van der Waals surface area contributed by atoms with Crippen LogP contribution in [0.4, 0.5) is 26.3 Å². The van der Waals surface area contributed by atoms with Crippen molar-refractivity contribution in [2.75, 3.05) is 6.54 Å². The van der Waals surface area contributed by atoms with Crippen molar-refractivity contribution in [3.63, 3.8) is 0 Å². The second-order valence-electron chi connectivity index (χ2n) is 9.49. The Labute approximate surface area is 207 Å². The fraction of sp³-hybridized carbons (Fsp3) is 0.519. The molecule has 1 fully saturated rings. The van der Waals surface area contributed by atoms with Gasteiger partial charge >= 0.3 is 18.3 Å². The van der Waals surface area contributed by atoms with Gasteiger partial charge in [-0.2, -0.15) is 26.3 Å². The number of hydrogen-bond donors (Lipinski definition) is 1. The lowest BCUT2D eigenvalue weighted by Crippen LogP contribution is -2.40. The van der Waals surface area contributed by atoms with Crippen LogP contribution in [0.25, 0.3) is 0 Å². The number of benzene rings is 2. The third-order valence-electron chi connectivity index (χ3n) is 6.94. The Bertz CT molecular complexity index is 985. The van der Waals surface area contributed by atoms with Crippen molar-refractivity contribution in [1.29, 1.82) is 0 Å². The van der Waals surface area contributed by atoms with Crippen LogP contribution in [-0.4, -0.2) is 22.5 Å². The fourth-order valence-corrected chi connectivity index (χ4v) is 5.09. The molecular weight excluding hydrogens is 484 g/mol. The Morgan fingerprint density at radius 2 is 1.50 bits per heavy atom. The first kappa shape index (κ1) is 28.0. The van der Waals surface area contributed by atoms with Crippen LogP contribution in [0, 0.1) is 5.92 Å². The van der Waals surface area contributed by atoms with Crippen molar-refractivity contribution >= 4 is 5.97 Å². The summed E-state index contributed by atoms with van der Waals surface area (Å²) in [7, 11) is 0. The van der Waals surface area contributed by atoms with Crippen LogP contribution in [0.15, 0.2) is 48.5 Å². The van der Waals surface area contributed by atoms with E-state index in [1.165, 1.54) is 24.3 Å². The summed E-state index contributed by atoms with van der Waals surface area (Å²) >= 11 is 0. The first-order valence-electron chi connectivity index (χ1n) is 12.2. The van der Waals surface area contributed by atoms with Gasteiger partial charge in [-0.05, 0) is 67.1 Å². The normalized spacial score (nSPS) is 20.3. The Morgan fingerprint density at radius 3 is 2.00 bits per heavy atom. The highest BCUT2D eigenvalue weighted by Crippen LogP contribution is 2.43. The summed E-state index contributed by atoms with van der Waals surface area (Å²) in [6.07, 6.45) is -4.49. The second-order valence-corrected chi connectivity index (χ2v) is 9.49. The molecule has 1 saturated heterocycles. The van der Waals surface area contributed by atoms with Crippen LogP contribution in [0.2, 0.25) is 0 Å². The zero-order valence-corrected chi connectivity index (χ0v) is 20.1. The second kappa shape index (κ2) is 11.7. The molecule has 1 aliphatic heterocycles. The van der Waals surface area contributed by atoms with E-state index < -0.39 is 29.4 Å². The van der Waals surface area contributed by atoms with Gasteiger partial charge < -0.3 is 5.11 Å². The lowest BCUT2D eigenvalue weighted by molar-refractivity contribution is -0.139. The van der Waals surface area contributed by atoms with E-state index in [0.29, 0.717) is 36.9 Å². The maximum Gasteiger partial charge on any atom is 0.416 e. The van der Waals surface area contributed by atoms with E-state index in [-0.39, 0.29) is 24.4 Å².